The van der Waals surface area contributed by atoms with Crippen molar-refractivity contribution in [2.24, 2.45) is 0 Å². The second-order valence-corrected chi connectivity index (χ2v) is 17.8. The summed E-state index contributed by atoms with van der Waals surface area (Å²) in [5.74, 6) is 0.190. The first-order valence-electron chi connectivity index (χ1n) is 21.2. The van der Waals surface area contributed by atoms with Crippen LogP contribution in [0.4, 0.5) is 0 Å². The van der Waals surface area contributed by atoms with Crippen LogP contribution in [0.3, 0.4) is 0 Å². The molecule has 2 rings (SSSR count). The van der Waals surface area contributed by atoms with E-state index in [4.69, 9.17) is 22.6 Å². The van der Waals surface area contributed by atoms with Crippen LogP contribution in [0.2, 0.25) is 0 Å². The zero-order chi connectivity index (χ0) is 46.9. The number of methoxy groups -OCH3 is 4. The Morgan fingerprint density at radius 3 is 1.62 bits per heavy atom. The number of rotatable bonds is 32. The van der Waals surface area contributed by atoms with E-state index in [1.54, 1.807) is 6.08 Å². The lowest BCUT2D eigenvalue weighted by Gasteiger charge is -2.16. The molecule has 0 aliphatic carbocycles. The summed E-state index contributed by atoms with van der Waals surface area (Å²) in [5, 5.41) is 0. The Bertz CT molecular complexity index is 1910. The molecule has 0 heterocycles. The van der Waals surface area contributed by atoms with Gasteiger partial charge in [0.15, 0.2) is 0 Å². The van der Waals surface area contributed by atoms with Gasteiger partial charge in [0.1, 0.15) is 11.5 Å². The normalized spacial score (nSPS) is 11.3. The number of unbranched alkanes of at least 4 members (excludes halogenated alkanes) is 7. The summed E-state index contributed by atoms with van der Waals surface area (Å²) in [6.45, 7) is 1.27. The first-order chi connectivity index (χ1) is 30.0. The quantitative estimate of drug-likeness (QED) is 0.0241. The molecule has 2 aromatic carbocycles. The van der Waals surface area contributed by atoms with Gasteiger partial charge in [-0.3, -0.25) is 22.7 Å². The van der Waals surface area contributed by atoms with Gasteiger partial charge in [-0.1, -0.05) is 43.9 Å². The molecule has 0 saturated heterocycles. The van der Waals surface area contributed by atoms with Crippen LogP contribution in [0, 0.1) is 0 Å². The molecular formula is C45H68O16S2. The van der Waals surface area contributed by atoms with E-state index < -0.39 is 26.2 Å². The van der Waals surface area contributed by atoms with Crippen molar-refractivity contribution >= 4 is 50.2 Å². The number of hydrogen-bond acceptors (Lipinski definition) is 16. The maximum absolute atomic E-state index is 11.7. The zero-order valence-corrected chi connectivity index (χ0v) is 39.4. The van der Waals surface area contributed by atoms with Crippen LogP contribution in [0.1, 0.15) is 112 Å². The molecule has 16 nitrogen and oxygen atoms in total. The third-order valence-electron chi connectivity index (χ3n) is 9.31. The molecule has 0 aromatic heterocycles. The number of ether oxygens (including phenoxy) is 6. The molecule has 356 valence electrons. The number of aryl methyl sites for hydroxylation is 2. The van der Waals surface area contributed by atoms with E-state index in [1.165, 1.54) is 34.5 Å². The minimum Gasteiger partial charge on any atom is -0.494 e. The van der Waals surface area contributed by atoms with Gasteiger partial charge in [-0.2, -0.15) is 16.8 Å². The molecule has 2 aromatic rings. The number of hydrogen-bond donors (Lipinski definition) is 0. The van der Waals surface area contributed by atoms with Crippen molar-refractivity contribution in [1.29, 1.82) is 0 Å². The van der Waals surface area contributed by atoms with Gasteiger partial charge in [0, 0.05) is 25.3 Å². The fourth-order valence-electron chi connectivity index (χ4n) is 5.99. The summed E-state index contributed by atoms with van der Waals surface area (Å²) in [6, 6.07) is 11.6. The van der Waals surface area contributed by atoms with Crippen LogP contribution < -0.4 is 9.47 Å². The molecule has 0 atom stereocenters. The molecule has 18 heteroatoms. The first-order valence-corrected chi connectivity index (χ1v) is 24.8. The Morgan fingerprint density at radius 1 is 0.524 bits per heavy atom. The maximum Gasteiger partial charge on any atom is 0.330 e. The molecule has 0 radical (unpaired) electrons. The summed E-state index contributed by atoms with van der Waals surface area (Å²) >= 11 is 0. The van der Waals surface area contributed by atoms with Crippen LogP contribution in [-0.2, 0) is 86.0 Å². The lowest BCUT2D eigenvalue weighted by molar-refractivity contribution is -0.141. The molecule has 0 bridgehead atoms. The van der Waals surface area contributed by atoms with Gasteiger partial charge < -0.3 is 28.4 Å². The average Bonchev–Trinajstić information content (AvgIpc) is 3.25. The number of carbonyl (C=O) groups is 4. The SMILES string of the molecule is COC(=O)/C=C/c1cc(OCCCC(=O)OC)ccc1CCCCCCOS(C)(=O)=O.COC(=O)CCCCOc1cccc(CCCCCCOS(C)(=O)=O)c1CCC(=O)OC. The first kappa shape index (κ1) is 56.5. The van der Waals surface area contributed by atoms with Crippen molar-refractivity contribution in [1.82, 2.24) is 0 Å². The van der Waals surface area contributed by atoms with Crippen molar-refractivity contribution in [3.8, 4) is 11.5 Å². The molecular weight excluding hydrogens is 861 g/mol. The lowest BCUT2D eigenvalue weighted by atomic mass is 9.97. The van der Waals surface area contributed by atoms with Gasteiger partial charge >= 0.3 is 23.9 Å². The Morgan fingerprint density at radius 2 is 1.05 bits per heavy atom. The van der Waals surface area contributed by atoms with E-state index in [2.05, 4.69) is 14.2 Å². The van der Waals surface area contributed by atoms with Gasteiger partial charge in [0.05, 0.1) is 67.4 Å². The van der Waals surface area contributed by atoms with Gasteiger partial charge in [-0.15, -0.1) is 0 Å². The van der Waals surface area contributed by atoms with E-state index in [9.17, 15) is 36.0 Å². The minimum atomic E-state index is -3.38. The predicted molar refractivity (Wildman–Crippen MR) is 238 cm³/mol. The molecule has 0 aliphatic heterocycles. The summed E-state index contributed by atoms with van der Waals surface area (Å²) in [7, 11) is -1.33. The van der Waals surface area contributed by atoms with E-state index in [1.807, 2.05) is 36.4 Å². The number of esters is 4. The van der Waals surface area contributed by atoms with Crippen molar-refractivity contribution in [2.45, 2.75) is 109 Å². The fraction of sp³-hybridized carbons (Fsp3) is 0.600. The molecule has 0 saturated carbocycles. The van der Waals surface area contributed by atoms with Crippen LogP contribution in [0.25, 0.3) is 6.08 Å². The monoisotopic (exact) mass is 928 g/mol. The second kappa shape index (κ2) is 33.1. The van der Waals surface area contributed by atoms with Crippen LogP contribution in [0.5, 0.6) is 11.5 Å². The van der Waals surface area contributed by atoms with E-state index in [0.29, 0.717) is 63.9 Å². The smallest absolute Gasteiger partial charge is 0.330 e. The van der Waals surface area contributed by atoms with E-state index in [0.717, 1.165) is 98.3 Å². The molecule has 0 unspecified atom stereocenters. The van der Waals surface area contributed by atoms with Crippen molar-refractivity contribution in [3.63, 3.8) is 0 Å². The predicted octanol–water partition coefficient (Wildman–Crippen LogP) is 6.88. The second-order valence-electron chi connectivity index (χ2n) is 14.5. The van der Waals surface area contributed by atoms with Crippen LogP contribution in [0.15, 0.2) is 42.5 Å². The van der Waals surface area contributed by atoms with E-state index >= 15 is 0 Å². The van der Waals surface area contributed by atoms with Crippen LogP contribution >= 0.6 is 0 Å². The highest BCUT2D eigenvalue weighted by Gasteiger charge is 2.13. The molecule has 0 fully saturated rings. The van der Waals surface area contributed by atoms with Gasteiger partial charge in [0.2, 0.25) is 0 Å². The Labute approximate surface area is 374 Å². The molecule has 63 heavy (non-hydrogen) atoms. The van der Waals surface area contributed by atoms with Gasteiger partial charge in [-0.05, 0) is 111 Å². The third kappa shape index (κ3) is 29.5. The Balaban J connectivity index is 0.000000630. The van der Waals surface area contributed by atoms with E-state index in [-0.39, 0.29) is 37.5 Å². The summed E-state index contributed by atoms with van der Waals surface area (Å²) < 4.78 is 83.7. The Hall–Kier alpha value is -4.52. The number of carbonyl (C=O) groups excluding carboxylic acids is 4. The molecule has 0 amide bonds. The Kier molecular flexibility index (Phi) is 29.6. The number of benzene rings is 2. The van der Waals surface area contributed by atoms with Crippen molar-refractivity contribution in [3.05, 3.63) is 64.7 Å². The lowest BCUT2D eigenvalue weighted by Crippen LogP contribution is -2.08. The average molecular weight is 929 g/mol. The maximum atomic E-state index is 11.7. The highest BCUT2D eigenvalue weighted by atomic mass is 32.2. The van der Waals surface area contributed by atoms with Crippen molar-refractivity contribution < 1.29 is 72.8 Å². The summed E-state index contributed by atoms with van der Waals surface area (Å²) in [5.41, 5.74) is 4.06. The van der Waals surface area contributed by atoms with Crippen LogP contribution in [-0.4, -0.2) is 108 Å². The van der Waals surface area contributed by atoms with Gasteiger partial charge in [-0.25, -0.2) is 4.79 Å². The third-order valence-corrected chi connectivity index (χ3v) is 10.5. The topological polar surface area (TPSA) is 210 Å². The summed E-state index contributed by atoms with van der Waals surface area (Å²) in [6.07, 6.45) is 17.1. The van der Waals surface area contributed by atoms with Crippen molar-refractivity contribution in [2.75, 3.05) is 67.4 Å². The largest absolute Gasteiger partial charge is 0.494 e. The molecule has 0 spiro atoms. The van der Waals surface area contributed by atoms with Gasteiger partial charge in [0.25, 0.3) is 20.2 Å². The fourth-order valence-corrected chi connectivity index (χ4v) is 6.83. The highest BCUT2D eigenvalue weighted by molar-refractivity contribution is 7.86. The molecule has 0 N–H and O–H groups in total. The standard InChI is InChI=1S/C23H36O8S.C22H32O8S/c1-28-22(24)14-7-9-17-30-21-13-10-12-19(20(21)15-16-23(25)29-2)11-6-4-5-8-18-31-32(3,26)27;1-27-21(23)10-8-15-29-20-13-11-18(19(17-20)12-14-22(24)28-2)9-6-4-5-7-16-30-31(3,25)26/h10,12-13H,4-9,11,14-18H2,1-3H3;11-14,17H,4-10,15-16H2,1-3H3/b;14-12+. The summed E-state index contributed by atoms with van der Waals surface area (Å²) in [4.78, 5) is 45.5. The zero-order valence-electron chi connectivity index (χ0n) is 37.8. The minimum absolute atomic E-state index is 0.202. The molecule has 0 aliphatic rings. The highest BCUT2D eigenvalue weighted by Crippen LogP contribution is 2.27.